The fourth-order valence-corrected chi connectivity index (χ4v) is 3.98. The number of rotatable bonds is 5. The van der Waals surface area contributed by atoms with Gasteiger partial charge in [-0.1, -0.05) is 12.1 Å². The fourth-order valence-electron chi connectivity index (χ4n) is 3.98. The molecule has 2 N–H and O–H groups in total. The van der Waals surface area contributed by atoms with Gasteiger partial charge in [-0.2, -0.15) is 0 Å². The van der Waals surface area contributed by atoms with Crippen molar-refractivity contribution < 1.29 is 18.7 Å². The lowest BCUT2D eigenvalue weighted by Gasteiger charge is -2.28. The number of hydrogen-bond donors (Lipinski definition) is 2. The van der Waals surface area contributed by atoms with Crippen LogP contribution in [0.4, 0.5) is 9.18 Å². The second-order valence-electron chi connectivity index (χ2n) is 7.61. The zero-order valence-electron chi connectivity index (χ0n) is 16.0. The second kappa shape index (κ2) is 7.35. The van der Waals surface area contributed by atoms with E-state index >= 15 is 0 Å². The van der Waals surface area contributed by atoms with Crippen LogP contribution in [0.2, 0.25) is 0 Å². The van der Waals surface area contributed by atoms with E-state index in [4.69, 9.17) is 4.74 Å². The monoisotopic (exact) mass is 399 g/mol. The van der Waals surface area contributed by atoms with Crippen LogP contribution in [0.25, 0.3) is 0 Å². The van der Waals surface area contributed by atoms with Gasteiger partial charge in [0.15, 0.2) is 17.1 Å². The van der Waals surface area contributed by atoms with Gasteiger partial charge < -0.3 is 14.6 Å². The minimum atomic E-state index is -1.60. The molecule has 2 aromatic rings. The summed E-state index contributed by atoms with van der Waals surface area (Å²) >= 11 is 0. The summed E-state index contributed by atoms with van der Waals surface area (Å²) in [5, 5.41) is 4.78. The van der Waals surface area contributed by atoms with Crippen LogP contribution in [-0.2, 0) is 16.9 Å². The Morgan fingerprint density at radius 3 is 2.62 bits per heavy atom. The smallest absolute Gasteiger partial charge is 0.322 e. The van der Waals surface area contributed by atoms with Gasteiger partial charge in [0.25, 0.3) is 11.5 Å². The molecule has 3 amide bonds. The van der Waals surface area contributed by atoms with Gasteiger partial charge in [0.1, 0.15) is 0 Å². The summed E-state index contributed by atoms with van der Waals surface area (Å²) in [5.41, 5.74) is -1.14. The maximum Gasteiger partial charge on any atom is 0.322 e. The highest BCUT2D eigenvalue weighted by atomic mass is 19.1. The van der Waals surface area contributed by atoms with Crippen LogP contribution in [0.3, 0.4) is 0 Å². The quantitative estimate of drug-likeness (QED) is 0.756. The van der Waals surface area contributed by atoms with Crippen LogP contribution in [0.1, 0.15) is 36.8 Å². The van der Waals surface area contributed by atoms with Crippen molar-refractivity contribution in [1.29, 1.82) is 0 Å². The molecule has 2 fully saturated rings. The van der Waals surface area contributed by atoms with Crippen molar-refractivity contribution in [2.45, 2.75) is 50.8 Å². The summed E-state index contributed by atoms with van der Waals surface area (Å²) < 4.78 is 21.9. The molecule has 1 saturated heterocycles. The van der Waals surface area contributed by atoms with E-state index in [0.29, 0.717) is 5.56 Å². The van der Waals surface area contributed by atoms with Gasteiger partial charge >= 0.3 is 6.03 Å². The van der Waals surface area contributed by atoms with E-state index in [9.17, 15) is 18.8 Å². The molecule has 8 heteroatoms. The molecule has 152 valence electrons. The van der Waals surface area contributed by atoms with Crippen molar-refractivity contribution in [3.8, 4) is 5.75 Å². The van der Waals surface area contributed by atoms with E-state index in [0.717, 1.165) is 25.7 Å². The SMILES string of the molecule is Cc1cccn(CC2(c3ccc(OC4CCCC4)c(F)c3)NC(=O)NC2=O)c1=O. The second-order valence-corrected chi connectivity index (χ2v) is 7.61. The predicted octanol–water partition coefficient (Wildman–Crippen LogP) is 2.35. The average Bonchev–Trinajstić information content (AvgIpc) is 3.29. The highest BCUT2D eigenvalue weighted by Gasteiger charge is 2.48. The van der Waals surface area contributed by atoms with Crippen LogP contribution >= 0.6 is 0 Å². The number of aryl methyl sites for hydroxylation is 1. The maximum atomic E-state index is 14.8. The molecule has 1 aromatic heterocycles. The number of carbonyl (C=O) groups is 2. The third-order valence-corrected chi connectivity index (χ3v) is 5.58. The molecular weight excluding hydrogens is 377 g/mol. The Balaban J connectivity index is 1.71. The molecular formula is C21H22FN3O4. The Labute approximate surface area is 166 Å². The van der Waals surface area contributed by atoms with Crippen molar-refractivity contribution in [2.24, 2.45) is 0 Å². The minimum Gasteiger partial charge on any atom is -0.487 e. The Kier molecular flexibility index (Phi) is 4.86. The van der Waals surface area contributed by atoms with Gasteiger partial charge in [0.05, 0.1) is 12.6 Å². The van der Waals surface area contributed by atoms with Gasteiger partial charge in [-0.15, -0.1) is 0 Å². The Morgan fingerprint density at radius 2 is 1.97 bits per heavy atom. The van der Waals surface area contributed by atoms with E-state index in [2.05, 4.69) is 10.6 Å². The predicted molar refractivity (Wildman–Crippen MR) is 103 cm³/mol. The first kappa shape index (κ1) is 19.2. The largest absolute Gasteiger partial charge is 0.487 e. The molecule has 2 heterocycles. The Morgan fingerprint density at radius 1 is 1.21 bits per heavy atom. The zero-order chi connectivity index (χ0) is 20.6. The molecule has 0 radical (unpaired) electrons. The number of pyridine rings is 1. The van der Waals surface area contributed by atoms with E-state index in [1.165, 1.54) is 22.9 Å². The molecule has 7 nitrogen and oxygen atoms in total. The molecule has 1 atom stereocenters. The molecule has 1 aromatic carbocycles. The highest BCUT2D eigenvalue weighted by Crippen LogP contribution is 2.32. The lowest BCUT2D eigenvalue weighted by Crippen LogP contribution is -2.49. The van der Waals surface area contributed by atoms with Crippen LogP contribution in [0, 0.1) is 12.7 Å². The first-order valence-corrected chi connectivity index (χ1v) is 9.65. The van der Waals surface area contributed by atoms with Crippen molar-refractivity contribution >= 4 is 11.9 Å². The molecule has 0 bridgehead atoms. The molecule has 2 aliphatic rings. The third-order valence-electron chi connectivity index (χ3n) is 5.58. The standard InChI is InChI=1S/C21H22FN3O4/c1-13-5-4-10-25(18(13)26)12-21(19(27)23-20(28)24-21)14-8-9-17(16(22)11-14)29-15-6-2-3-7-15/h4-5,8-11,15H,2-3,6-7,12H2,1H3,(H2,23,24,27,28). The number of nitrogens with zero attached hydrogens (tertiary/aromatic N) is 1. The molecule has 29 heavy (non-hydrogen) atoms. The maximum absolute atomic E-state index is 14.8. The molecule has 1 saturated carbocycles. The Bertz CT molecular complexity index is 1030. The summed E-state index contributed by atoms with van der Waals surface area (Å²) in [6.07, 6.45) is 5.42. The van der Waals surface area contributed by atoms with Crippen LogP contribution < -0.4 is 20.9 Å². The highest BCUT2D eigenvalue weighted by molar-refractivity contribution is 6.07. The van der Waals surface area contributed by atoms with Gasteiger partial charge in [-0.25, -0.2) is 9.18 Å². The van der Waals surface area contributed by atoms with Gasteiger partial charge in [-0.05, 0) is 56.4 Å². The zero-order valence-corrected chi connectivity index (χ0v) is 16.0. The molecule has 1 aliphatic heterocycles. The molecule has 1 unspecified atom stereocenters. The number of amides is 3. The van der Waals surface area contributed by atoms with E-state index < -0.39 is 23.3 Å². The topological polar surface area (TPSA) is 89.4 Å². The van der Waals surface area contributed by atoms with Crippen molar-refractivity contribution in [2.75, 3.05) is 0 Å². The summed E-state index contributed by atoms with van der Waals surface area (Å²) in [7, 11) is 0. The van der Waals surface area contributed by atoms with E-state index in [-0.39, 0.29) is 29.5 Å². The number of hydrogen-bond acceptors (Lipinski definition) is 4. The van der Waals surface area contributed by atoms with E-state index in [1.807, 2.05) is 0 Å². The number of nitrogens with one attached hydrogen (secondary N) is 2. The summed E-state index contributed by atoms with van der Waals surface area (Å²) in [4.78, 5) is 37.1. The Hall–Kier alpha value is -3.16. The van der Waals surface area contributed by atoms with Crippen molar-refractivity contribution in [1.82, 2.24) is 15.2 Å². The number of imide groups is 1. The number of benzene rings is 1. The van der Waals surface area contributed by atoms with Gasteiger partial charge in [0, 0.05) is 11.8 Å². The molecule has 4 rings (SSSR count). The lowest BCUT2D eigenvalue weighted by atomic mass is 9.89. The molecule has 0 spiro atoms. The lowest BCUT2D eigenvalue weighted by molar-refractivity contribution is -0.124. The van der Waals surface area contributed by atoms with Gasteiger partial charge in [-0.3, -0.25) is 14.9 Å². The summed E-state index contributed by atoms with van der Waals surface area (Å²) in [6, 6.07) is 6.87. The van der Waals surface area contributed by atoms with Crippen LogP contribution in [-0.4, -0.2) is 22.6 Å². The normalized spacial score (nSPS) is 21.9. The average molecular weight is 399 g/mol. The van der Waals surface area contributed by atoms with Crippen molar-refractivity contribution in [3.05, 3.63) is 63.8 Å². The number of halogens is 1. The number of urea groups is 1. The number of aromatic nitrogens is 1. The fraction of sp³-hybridized carbons (Fsp3) is 0.381. The first-order chi connectivity index (χ1) is 13.9. The first-order valence-electron chi connectivity index (χ1n) is 9.65. The number of carbonyl (C=O) groups excluding carboxylic acids is 2. The minimum absolute atomic E-state index is 0.00957. The van der Waals surface area contributed by atoms with Crippen LogP contribution in [0.15, 0.2) is 41.3 Å². The van der Waals surface area contributed by atoms with E-state index in [1.54, 1.807) is 25.1 Å². The summed E-state index contributed by atoms with van der Waals surface area (Å²) in [5.74, 6) is -1.13. The third kappa shape index (κ3) is 3.50. The van der Waals surface area contributed by atoms with Gasteiger partial charge in [0.2, 0.25) is 0 Å². The summed E-state index contributed by atoms with van der Waals surface area (Å²) in [6.45, 7) is 1.50. The number of ether oxygens (including phenoxy) is 1. The van der Waals surface area contributed by atoms with Crippen LogP contribution in [0.5, 0.6) is 5.75 Å². The van der Waals surface area contributed by atoms with Crippen molar-refractivity contribution in [3.63, 3.8) is 0 Å². The molecule has 1 aliphatic carbocycles.